The van der Waals surface area contributed by atoms with Gasteiger partial charge in [0.1, 0.15) is 0 Å². The molecule has 0 bridgehead atoms. The average Bonchev–Trinajstić information content (AvgIpc) is 2.78. The molecule has 0 unspecified atom stereocenters. The van der Waals surface area contributed by atoms with Gasteiger partial charge in [0.25, 0.3) is 5.91 Å². The second-order valence-electron chi connectivity index (χ2n) is 8.84. The summed E-state index contributed by atoms with van der Waals surface area (Å²) in [4.78, 5) is 44.4. The highest BCUT2D eigenvalue weighted by atomic mass is 16.6. The van der Waals surface area contributed by atoms with Gasteiger partial charge in [-0.15, -0.1) is 0 Å². The minimum atomic E-state index is -1.18. The zero-order chi connectivity index (χ0) is 21.3. The lowest BCUT2D eigenvalue weighted by Crippen LogP contribution is -2.60. The standard InChI is InChI=1S/C23H31N3O4/c1-17(20(27)25-10-6-3-7-11-25)24-12-14-26(15-13-24)22(29)23(2)16-18-8-4-5-9-19(18)21(28)30-23/h4-5,8-9,17H,3,6-7,10-16H2,1-2H3/t17-,23+/m0/s1. The molecule has 3 aliphatic heterocycles. The number of nitrogens with zero attached hydrogens (tertiary/aromatic N) is 3. The molecule has 7 nitrogen and oxygen atoms in total. The number of carbonyl (C=O) groups is 3. The molecule has 2 fully saturated rings. The molecule has 0 spiro atoms. The summed E-state index contributed by atoms with van der Waals surface area (Å²) in [7, 11) is 0. The van der Waals surface area contributed by atoms with Crippen molar-refractivity contribution in [3.8, 4) is 0 Å². The molecule has 3 aliphatic rings. The number of cyclic esters (lactones) is 1. The van der Waals surface area contributed by atoms with Gasteiger partial charge in [-0.3, -0.25) is 14.5 Å². The predicted molar refractivity (Wildman–Crippen MR) is 112 cm³/mol. The first-order valence-corrected chi connectivity index (χ1v) is 11.0. The van der Waals surface area contributed by atoms with Crippen molar-refractivity contribution in [2.24, 2.45) is 0 Å². The molecule has 2 atom stereocenters. The molecular formula is C23H31N3O4. The average molecular weight is 414 g/mol. The lowest BCUT2D eigenvalue weighted by molar-refractivity contribution is -0.153. The van der Waals surface area contributed by atoms with Gasteiger partial charge in [-0.2, -0.15) is 0 Å². The van der Waals surface area contributed by atoms with Crippen LogP contribution >= 0.6 is 0 Å². The number of ether oxygens (including phenoxy) is 1. The number of piperazine rings is 1. The number of hydrogen-bond acceptors (Lipinski definition) is 5. The van der Waals surface area contributed by atoms with E-state index in [0.29, 0.717) is 38.2 Å². The molecule has 1 aromatic rings. The lowest BCUT2D eigenvalue weighted by Gasteiger charge is -2.42. The van der Waals surface area contributed by atoms with E-state index >= 15 is 0 Å². The maximum atomic E-state index is 13.2. The first kappa shape index (κ1) is 20.8. The molecular weight excluding hydrogens is 382 g/mol. The van der Waals surface area contributed by atoms with Gasteiger partial charge >= 0.3 is 5.97 Å². The van der Waals surface area contributed by atoms with Crippen molar-refractivity contribution in [1.29, 1.82) is 0 Å². The van der Waals surface area contributed by atoms with Gasteiger partial charge in [-0.1, -0.05) is 18.2 Å². The van der Waals surface area contributed by atoms with E-state index in [1.807, 2.05) is 24.0 Å². The second kappa shape index (κ2) is 8.38. The van der Waals surface area contributed by atoms with Crippen molar-refractivity contribution >= 4 is 17.8 Å². The number of rotatable bonds is 3. The van der Waals surface area contributed by atoms with E-state index in [1.165, 1.54) is 6.42 Å². The molecule has 7 heteroatoms. The summed E-state index contributed by atoms with van der Waals surface area (Å²) in [6, 6.07) is 7.13. The SMILES string of the molecule is C[C@@H](C(=O)N1CCCCC1)N1CCN(C(=O)[C@@]2(C)Cc3ccccc3C(=O)O2)CC1. The number of likely N-dealkylation sites (tertiary alicyclic amines) is 1. The Labute approximate surface area is 177 Å². The van der Waals surface area contributed by atoms with Crippen molar-refractivity contribution in [3.05, 3.63) is 35.4 Å². The molecule has 2 saturated heterocycles. The Morgan fingerprint density at radius 2 is 1.63 bits per heavy atom. The summed E-state index contributed by atoms with van der Waals surface area (Å²) in [6.07, 6.45) is 3.76. The van der Waals surface area contributed by atoms with Gasteiger partial charge in [-0.25, -0.2) is 4.79 Å². The first-order valence-electron chi connectivity index (χ1n) is 11.0. The van der Waals surface area contributed by atoms with Crippen LogP contribution in [-0.2, 0) is 20.7 Å². The van der Waals surface area contributed by atoms with Crippen LogP contribution < -0.4 is 0 Å². The first-order chi connectivity index (χ1) is 14.4. The quantitative estimate of drug-likeness (QED) is 0.706. The number of piperidine rings is 1. The van der Waals surface area contributed by atoms with Crippen LogP contribution in [0.1, 0.15) is 49.0 Å². The maximum absolute atomic E-state index is 13.2. The zero-order valence-electron chi connectivity index (χ0n) is 17.9. The van der Waals surface area contributed by atoms with Crippen molar-refractivity contribution < 1.29 is 19.1 Å². The molecule has 2 amide bonds. The molecule has 0 saturated carbocycles. The highest BCUT2D eigenvalue weighted by Gasteiger charge is 2.45. The minimum Gasteiger partial charge on any atom is -0.445 e. The fourth-order valence-corrected chi connectivity index (χ4v) is 4.83. The number of benzene rings is 1. The molecule has 1 aromatic carbocycles. The highest BCUT2D eigenvalue weighted by molar-refractivity contribution is 5.97. The third-order valence-electron chi connectivity index (χ3n) is 6.71. The third-order valence-corrected chi connectivity index (χ3v) is 6.71. The van der Waals surface area contributed by atoms with Crippen LogP contribution in [0.25, 0.3) is 0 Å². The summed E-state index contributed by atoms with van der Waals surface area (Å²) in [5.74, 6) is -0.397. The Balaban J connectivity index is 1.36. The second-order valence-corrected chi connectivity index (χ2v) is 8.84. The molecule has 0 aromatic heterocycles. The van der Waals surface area contributed by atoms with E-state index in [1.54, 1.807) is 24.0 Å². The predicted octanol–water partition coefficient (Wildman–Crippen LogP) is 1.70. The van der Waals surface area contributed by atoms with E-state index in [2.05, 4.69) is 4.90 Å². The van der Waals surface area contributed by atoms with Crippen molar-refractivity contribution in [2.45, 2.75) is 51.2 Å². The van der Waals surface area contributed by atoms with Gasteiger partial charge in [0.05, 0.1) is 11.6 Å². The van der Waals surface area contributed by atoms with E-state index in [-0.39, 0.29) is 17.9 Å². The zero-order valence-corrected chi connectivity index (χ0v) is 17.9. The summed E-state index contributed by atoms with van der Waals surface area (Å²) in [5.41, 5.74) is 0.213. The molecule has 0 aliphatic carbocycles. The monoisotopic (exact) mass is 413 g/mol. The number of carbonyl (C=O) groups excluding carboxylic acids is 3. The fraction of sp³-hybridized carbons (Fsp3) is 0.609. The van der Waals surface area contributed by atoms with E-state index < -0.39 is 11.6 Å². The van der Waals surface area contributed by atoms with Gasteiger partial charge < -0.3 is 14.5 Å². The number of esters is 1. The van der Waals surface area contributed by atoms with Crippen molar-refractivity contribution in [2.75, 3.05) is 39.3 Å². The van der Waals surface area contributed by atoms with Crippen LogP contribution in [0.5, 0.6) is 0 Å². The Hall–Kier alpha value is -2.41. The number of fused-ring (bicyclic) bond motifs is 1. The third kappa shape index (κ3) is 3.95. The smallest absolute Gasteiger partial charge is 0.339 e. The van der Waals surface area contributed by atoms with Gasteiger partial charge in [0.15, 0.2) is 5.60 Å². The van der Waals surface area contributed by atoms with Gasteiger partial charge in [-0.05, 0) is 44.7 Å². The van der Waals surface area contributed by atoms with Crippen LogP contribution in [0.15, 0.2) is 24.3 Å². The van der Waals surface area contributed by atoms with E-state index in [0.717, 1.165) is 31.5 Å². The van der Waals surface area contributed by atoms with Crippen LogP contribution in [0.3, 0.4) is 0 Å². The van der Waals surface area contributed by atoms with Crippen LogP contribution in [0, 0.1) is 0 Å². The van der Waals surface area contributed by atoms with Crippen LogP contribution in [0.2, 0.25) is 0 Å². The largest absolute Gasteiger partial charge is 0.445 e. The maximum Gasteiger partial charge on any atom is 0.339 e. The summed E-state index contributed by atoms with van der Waals surface area (Å²) >= 11 is 0. The summed E-state index contributed by atoms with van der Waals surface area (Å²) in [5, 5.41) is 0. The number of hydrogen-bond donors (Lipinski definition) is 0. The highest BCUT2D eigenvalue weighted by Crippen LogP contribution is 2.30. The molecule has 4 rings (SSSR count). The van der Waals surface area contributed by atoms with Crippen molar-refractivity contribution in [3.63, 3.8) is 0 Å². The molecule has 30 heavy (non-hydrogen) atoms. The van der Waals surface area contributed by atoms with Crippen molar-refractivity contribution in [1.82, 2.24) is 14.7 Å². The Morgan fingerprint density at radius 3 is 2.33 bits per heavy atom. The van der Waals surface area contributed by atoms with Gasteiger partial charge in [0, 0.05) is 45.7 Å². The van der Waals surface area contributed by atoms with E-state index in [9.17, 15) is 14.4 Å². The lowest BCUT2D eigenvalue weighted by atomic mass is 9.88. The molecule has 3 heterocycles. The normalized spacial score (nSPS) is 26.0. The number of amides is 2. The Bertz CT molecular complexity index is 827. The van der Waals surface area contributed by atoms with Crippen LogP contribution in [0.4, 0.5) is 0 Å². The summed E-state index contributed by atoms with van der Waals surface area (Å²) < 4.78 is 5.60. The molecule has 162 valence electrons. The molecule has 0 radical (unpaired) electrons. The fourth-order valence-electron chi connectivity index (χ4n) is 4.83. The minimum absolute atomic E-state index is 0.153. The Morgan fingerprint density at radius 1 is 0.967 bits per heavy atom. The van der Waals surface area contributed by atoms with Crippen LogP contribution in [-0.4, -0.2) is 83.4 Å². The van der Waals surface area contributed by atoms with Gasteiger partial charge in [0.2, 0.25) is 5.91 Å². The van der Waals surface area contributed by atoms with E-state index in [4.69, 9.17) is 4.74 Å². The summed E-state index contributed by atoms with van der Waals surface area (Å²) in [6.45, 7) is 7.74. The molecule has 0 N–H and O–H groups in total. The topological polar surface area (TPSA) is 70.2 Å². The Kier molecular flexibility index (Phi) is 5.82.